The first-order chi connectivity index (χ1) is 15.8. The number of nitrogens with one attached hydrogen (secondary N) is 1. The molecule has 8 heteroatoms. The van der Waals surface area contributed by atoms with E-state index in [-0.39, 0.29) is 27.0 Å². The zero-order valence-electron chi connectivity index (χ0n) is 17.7. The molecular formula is C24H24N6OSn. The Labute approximate surface area is 196 Å². The van der Waals surface area contributed by atoms with Crippen LogP contribution >= 0.6 is 0 Å². The molecule has 1 saturated carbocycles. The summed E-state index contributed by atoms with van der Waals surface area (Å²) in [5.41, 5.74) is 4.45. The number of aromatic nitrogens is 5. The van der Waals surface area contributed by atoms with Crippen LogP contribution in [0.2, 0.25) is 8.87 Å². The van der Waals surface area contributed by atoms with E-state index in [9.17, 15) is 4.79 Å². The Bertz CT molecular complexity index is 1270. The van der Waals surface area contributed by atoms with Gasteiger partial charge in [-0.05, 0) is 6.07 Å². The molecule has 1 aliphatic carbocycles. The van der Waals surface area contributed by atoms with Crippen LogP contribution in [0, 0.1) is 0 Å². The van der Waals surface area contributed by atoms with Crippen LogP contribution in [-0.2, 0) is 0 Å². The van der Waals surface area contributed by atoms with E-state index in [1.807, 2.05) is 4.68 Å². The van der Waals surface area contributed by atoms with Crippen LogP contribution in [0.25, 0.3) is 11.3 Å². The molecule has 4 aromatic rings. The molecule has 32 heavy (non-hydrogen) atoms. The van der Waals surface area contributed by atoms with Crippen LogP contribution in [0.4, 0.5) is 5.82 Å². The summed E-state index contributed by atoms with van der Waals surface area (Å²) >= 11 is -0.139. The number of anilines is 1. The Morgan fingerprint density at radius 2 is 1.88 bits per heavy atom. The maximum absolute atomic E-state index is 13.2. The molecule has 1 N–H and O–H groups in total. The van der Waals surface area contributed by atoms with Crippen molar-refractivity contribution < 1.29 is 4.79 Å². The molecule has 2 radical (unpaired) electrons. The van der Waals surface area contributed by atoms with Crippen molar-refractivity contribution in [2.45, 2.75) is 46.4 Å². The van der Waals surface area contributed by atoms with E-state index in [1.165, 1.54) is 40.1 Å². The minimum atomic E-state index is -0.223. The second-order valence-electron chi connectivity index (χ2n) is 8.66. The van der Waals surface area contributed by atoms with Crippen LogP contribution in [0.15, 0.2) is 55.0 Å². The standard InChI is InChI=1S/C24H24N6O.Sn/c1-3-16(4-2)21-14-22(27-24(31)20-15-26-29-13-5-12-25-23(20)29)30(28-21)19-10-8-18(9-11-19)17-6-7-17;/h5,8-17H,1-4,6-7H2,(H,27,31);. The van der Waals surface area contributed by atoms with Crippen molar-refractivity contribution >= 4 is 38.5 Å². The van der Waals surface area contributed by atoms with Gasteiger partial charge >= 0.3 is 191 Å². The van der Waals surface area contributed by atoms with Gasteiger partial charge in [-0.25, -0.2) is 0 Å². The fraction of sp³-hybridized carbons (Fsp3) is 0.333. The summed E-state index contributed by atoms with van der Waals surface area (Å²) in [6.45, 7) is 0. The minimum absolute atomic E-state index is 0.139. The van der Waals surface area contributed by atoms with E-state index >= 15 is 0 Å². The Kier molecular flexibility index (Phi) is 5.21. The predicted octanol–water partition coefficient (Wildman–Crippen LogP) is 4.46. The van der Waals surface area contributed by atoms with Crippen LogP contribution in [0.1, 0.15) is 59.1 Å². The topological polar surface area (TPSA) is 77.1 Å². The molecule has 4 heterocycles. The molecule has 6 rings (SSSR count). The zero-order chi connectivity index (χ0) is 21.5. The molecule has 0 bridgehead atoms. The molecule has 1 saturated heterocycles. The fourth-order valence-electron chi connectivity index (χ4n) is 4.48. The summed E-state index contributed by atoms with van der Waals surface area (Å²) < 4.78 is 6.32. The van der Waals surface area contributed by atoms with Gasteiger partial charge in [-0.3, -0.25) is 0 Å². The number of nitrogens with zero attached hydrogens (tertiary/aromatic N) is 5. The number of amides is 1. The number of fused-ring (bicyclic) bond motifs is 1. The molecule has 1 aromatic carbocycles. The van der Waals surface area contributed by atoms with E-state index in [0.717, 1.165) is 11.4 Å². The number of carbonyl (C=O) groups excluding carboxylic acids is 1. The summed E-state index contributed by atoms with van der Waals surface area (Å²) in [6.07, 6.45) is 10.1. The van der Waals surface area contributed by atoms with E-state index < -0.39 is 0 Å². The number of benzene rings is 1. The van der Waals surface area contributed by atoms with Crippen molar-refractivity contribution in [3.63, 3.8) is 0 Å². The second kappa shape index (κ2) is 8.35. The third-order valence-electron chi connectivity index (χ3n) is 6.44. The summed E-state index contributed by atoms with van der Waals surface area (Å²) in [5, 5.41) is 12.3. The van der Waals surface area contributed by atoms with Crippen molar-refractivity contribution in [1.29, 1.82) is 0 Å². The van der Waals surface area contributed by atoms with Gasteiger partial charge in [0.05, 0.1) is 0 Å². The third-order valence-corrected chi connectivity index (χ3v) is 10.1. The van der Waals surface area contributed by atoms with Gasteiger partial charge in [0.25, 0.3) is 0 Å². The van der Waals surface area contributed by atoms with Gasteiger partial charge < -0.3 is 0 Å². The molecule has 160 valence electrons. The molecule has 2 aliphatic rings. The second-order valence-corrected chi connectivity index (χ2v) is 12.9. The van der Waals surface area contributed by atoms with E-state index in [0.29, 0.717) is 28.9 Å². The summed E-state index contributed by atoms with van der Waals surface area (Å²) in [7, 11) is 0. The molecule has 0 spiro atoms. The van der Waals surface area contributed by atoms with Crippen molar-refractivity contribution in [3.05, 3.63) is 71.8 Å². The average Bonchev–Trinajstić information content (AvgIpc) is 3.47. The van der Waals surface area contributed by atoms with E-state index in [1.54, 1.807) is 29.2 Å². The zero-order valence-corrected chi connectivity index (χ0v) is 20.6. The van der Waals surface area contributed by atoms with Crippen molar-refractivity contribution in [3.8, 4) is 5.69 Å². The normalized spacial score (nSPS) is 17.0. The van der Waals surface area contributed by atoms with Crippen LogP contribution in [0.3, 0.4) is 0 Å². The van der Waals surface area contributed by atoms with Crippen LogP contribution < -0.4 is 5.32 Å². The third kappa shape index (κ3) is 3.83. The predicted molar refractivity (Wildman–Crippen MR) is 124 cm³/mol. The number of hydrogen-bond acceptors (Lipinski definition) is 4. The first-order valence-corrected chi connectivity index (χ1v) is 15.3. The van der Waals surface area contributed by atoms with Crippen molar-refractivity contribution in [2.24, 2.45) is 0 Å². The molecule has 0 atom stereocenters. The van der Waals surface area contributed by atoms with E-state index in [2.05, 4.69) is 45.7 Å². The Balaban J connectivity index is 1.35. The summed E-state index contributed by atoms with van der Waals surface area (Å²) in [6, 6.07) is 12.5. The van der Waals surface area contributed by atoms with Gasteiger partial charge in [-0.1, -0.05) is 0 Å². The quantitative estimate of drug-likeness (QED) is 0.386. The SMILES string of the molecule is O=C(Nc1cc(C2C[CH2][Sn][CH2]C2)nn1-c1ccc(C2CC2)cc1)c1cnn2cccnc12. The number of rotatable bonds is 5. The average molecular weight is 531 g/mol. The van der Waals surface area contributed by atoms with Gasteiger partial charge in [0.1, 0.15) is 0 Å². The maximum atomic E-state index is 13.2. The molecular weight excluding hydrogens is 507 g/mol. The Morgan fingerprint density at radius 3 is 2.66 bits per heavy atom. The molecule has 3 aromatic heterocycles. The molecule has 2 fully saturated rings. The number of carbonyl (C=O) groups is 1. The van der Waals surface area contributed by atoms with Gasteiger partial charge in [0.2, 0.25) is 0 Å². The van der Waals surface area contributed by atoms with Crippen molar-refractivity contribution in [2.75, 3.05) is 5.32 Å². The van der Waals surface area contributed by atoms with Crippen LogP contribution in [0.5, 0.6) is 0 Å². The van der Waals surface area contributed by atoms with Crippen molar-refractivity contribution in [1.82, 2.24) is 24.4 Å². The fourth-order valence-corrected chi connectivity index (χ4v) is 8.35. The van der Waals surface area contributed by atoms with Gasteiger partial charge in [0, 0.05) is 0 Å². The van der Waals surface area contributed by atoms with Gasteiger partial charge in [0.15, 0.2) is 0 Å². The molecule has 1 amide bonds. The van der Waals surface area contributed by atoms with Gasteiger partial charge in [-0.15, -0.1) is 0 Å². The Hall–Kier alpha value is -2.68. The number of hydrogen-bond donors (Lipinski definition) is 1. The Morgan fingerprint density at radius 1 is 1.06 bits per heavy atom. The summed E-state index contributed by atoms with van der Waals surface area (Å²) in [4.78, 5) is 17.5. The molecule has 0 unspecified atom stereocenters. The molecule has 1 aliphatic heterocycles. The van der Waals surface area contributed by atoms with Crippen LogP contribution in [-0.4, -0.2) is 51.4 Å². The first-order valence-electron chi connectivity index (χ1n) is 11.3. The molecule has 7 nitrogen and oxygen atoms in total. The first kappa shape index (κ1) is 20.0. The van der Waals surface area contributed by atoms with Gasteiger partial charge in [-0.2, -0.15) is 0 Å². The van der Waals surface area contributed by atoms with E-state index in [4.69, 9.17) is 5.10 Å². The monoisotopic (exact) mass is 532 g/mol. The summed E-state index contributed by atoms with van der Waals surface area (Å²) in [5.74, 6) is 1.68.